The number of benzene rings is 2. The van der Waals surface area contributed by atoms with Gasteiger partial charge in [-0.3, -0.25) is 14.5 Å². The zero-order chi connectivity index (χ0) is 23.3. The van der Waals surface area contributed by atoms with Gasteiger partial charge in [-0.05, 0) is 36.8 Å². The molecule has 0 spiro atoms. The fraction of sp³-hybridized carbons (Fsp3) is 0.478. The molecule has 1 saturated heterocycles. The monoisotopic (exact) mass is 463 g/mol. The predicted octanol–water partition coefficient (Wildman–Crippen LogP) is 2.39. The second kappa shape index (κ2) is 11.1. The molecule has 0 aliphatic carbocycles. The lowest BCUT2D eigenvalue weighted by atomic mass is 9.96. The van der Waals surface area contributed by atoms with E-state index in [-0.39, 0.29) is 36.9 Å². The molecule has 2 aromatic rings. The van der Waals surface area contributed by atoms with Gasteiger partial charge in [0.05, 0.1) is 13.2 Å². The van der Waals surface area contributed by atoms with Crippen LogP contribution < -0.4 is 5.32 Å². The molecule has 7 nitrogen and oxygen atoms in total. The van der Waals surface area contributed by atoms with Crippen molar-refractivity contribution in [1.29, 1.82) is 0 Å². The van der Waals surface area contributed by atoms with E-state index in [1.807, 2.05) is 24.3 Å². The van der Waals surface area contributed by atoms with Gasteiger partial charge in [0.25, 0.3) is 0 Å². The summed E-state index contributed by atoms with van der Waals surface area (Å²) in [5, 5.41) is 4.04. The molecule has 2 unspecified atom stereocenters. The molecule has 1 fully saturated rings. The van der Waals surface area contributed by atoms with Crippen LogP contribution in [0.25, 0.3) is 10.8 Å². The number of halogens is 1. The number of likely N-dealkylation sites (tertiary alicyclic amines) is 1. The fourth-order valence-corrected chi connectivity index (χ4v) is 5.21. The summed E-state index contributed by atoms with van der Waals surface area (Å²) in [7, 11) is 1.26. The van der Waals surface area contributed by atoms with Crippen molar-refractivity contribution in [1.82, 2.24) is 14.5 Å². The highest BCUT2D eigenvalue weighted by molar-refractivity contribution is 7.88. The van der Waals surface area contributed by atoms with Crippen LogP contribution in [0.3, 0.4) is 0 Å². The molecule has 9 heteroatoms. The highest BCUT2D eigenvalue weighted by atomic mass is 32.2. The van der Waals surface area contributed by atoms with Crippen molar-refractivity contribution in [2.75, 3.05) is 39.5 Å². The Morgan fingerprint density at radius 1 is 1.25 bits per heavy atom. The van der Waals surface area contributed by atoms with E-state index in [4.69, 9.17) is 0 Å². The quantitative estimate of drug-likeness (QED) is 0.478. The molecule has 3 rings (SSSR count). The summed E-state index contributed by atoms with van der Waals surface area (Å²) in [6, 6.07) is 11.0. The van der Waals surface area contributed by atoms with Crippen molar-refractivity contribution in [2.45, 2.75) is 31.8 Å². The molecule has 1 aliphatic heterocycles. The van der Waals surface area contributed by atoms with Crippen molar-refractivity contribution >= 4 is 34.0 Å². The molecule has 2 atom stereocenters. The molecule has 1 heterocycles. The number of carbonyl (C=O) groups is 2. The van der Waals surface area contributed by atoms with Gasteiger partial charge in [0.1, 0.15) is 25.2 Å². The first-order valence-corrected chi connectivity index (χ1v) is 12.2. The molecule has 1 N–H and O–H groups in total. The zero-order valence-corrected chi connectivity index (χ0v) is 19.5. The predicted molar refractivity (Wildman–Crippen MR) is 123 cm³/mol. The van der Waals surface area contributed by atoms with Crippen LogP contribution in [0.4, 0.5) is 4.39 Å². The number of fused-ring (bicyclic) bond motifs is 1. The third-order valence-corrected chi connectivity index (χ3v) is 7.18. The van der Waals surface area contributed by atoms with Crippen LogP contribution >= 0.6 is 0 Å². The van der Waals surface area contributed by atoms with Gasteiger partial charge in [0.2, 0.25) is 5.91 Å². The number of nitrogens with one attached hydrogen (secondary N) is 1. The standard InChI is InChI=1S/C23H30FN3O4S/c1-16(18-8-9-21(24)20-7-5-4-6-19(18)20)26-12-10-17(11-13-26)27(32(3)30)15-22(28)25-14-23(29)31-2/h4-9,16-17H,10-15H2,1-3H3,(H,25,28). The largest absolute Gasteiger partial charge is 0.598 e. The van der Waals surface area contributed by atoms with E-state index in [1.165, 1.54) is 13.2 Å². The summed E-state index contributed by atoms with van der Waals surface area (Å²) >= 11 is -1.32. The first-order valence-electron chi connectivity index (χ1n) is 10.7. The third-order valence-electron chi connectivity index (χ3n) is 6.10. The average molecular weight is 464 g/mol. The summed E-state index contributed by atoms with van der Waals surface area (Å²) < 4.78 is 32.7. The van der Waals surface area contributed by atoms with E-state index in [2.05, 4.69) is 21.9 Å². The maximum absolute atomic E-state index is 14.2. The van der Waals surface area contributed by atoms with Crippen LogP contribution in [0.5, 0.6) is 0 Å². The molecule has 32 heavy (non-hydrogen) atoms. The van der Waals surface area contributed by atoms with Gasteiger partial charge in [0.15, 0.2) is 0 Å². The lowest BCUT2D eigenvalue weighted by molar-refractivity contribution is -0.141. The molecular weight excluding hydrogens is 433 g/mol. The van der Waals surface area contributed by atoms with Crippen LogP contribution in [0.2, 0.25) is 0 Å². The number of esters is 1. The Balaban J connectivity index is 1.62. The van der Waals surface area contributed by atoms with Gasteiger partial charge >= 0.3 is 5.97 Å². The number of piperidine rings is 1. The number of rotatable bonds is 8. The normalized spacial score (nSPS) is 17.3. The van der Waals surface area contributed by atoms with Gasteiger partial charge in [-0.25, -0.2) is 4.39 Å². The fourth-order valence-electron chi connectivity index (χ4n) is 4.28. The summed E-state index contributed by atoms with van der Waals surface area (Å²) in [6.07, 6.45) is 3.08. The minimum atomic E-state index is -1.32. The van der Waals surface area contributed by atoms with E-state index in [9.17, 15) is 18.5 Å². The van der Waals surface area contributed by atoms with E-state index in [0.29, 0.717) is 5.39 Å². The van der Waals surface area contributed by atoms with Gasteiger partial charge in [0, 0.05) is 35.9 Å². The number of ether oxygens (including phenoxy) is 1. The Hall–Kier alpha value is -2.20. The van der Waals surface area contributed by atoms with Gasteiger partial charge < -0.3 is 14.6 Å². The van der Waals surface area contributed by atoms with E-state index in [1.54, 1.807) is 16.6 Å². The molecule has 0 saturated carbocycles. The molecule has 1 amide bonds. The van der Waals surface area contributed by atoms with E-state index >= 15 is 0 Å². The summed E-state index contributed by atoms with van der Waals surface area (Å²) in [4.78, 5) is 25.8. The first-order chi connectivity index (χ1) is 15.3. The lowest BCUT2D eigenvalue weighted by Gasteiger charge is -2.39. The van der Waals surface area contributed by atoms with Gasteiger partial charge in [-0.2, -0.15) is 0 Å². The summed E-state index contributed by atoms with van der Waals surface area (Å²) in [5.41, 5.74) is 1.08. The van der Waals surface area contributed by atoms with Crippen molar-refractivity contribution in [3.63, 3.8) is 0 Å². The van der Waals surface area contributed by atoms with Crippen LogP contribution in [0, 0.1) is 5.82 Å². The second-order valence-corrected chi connectivity index (χ2v) is 9.29. The molecule has 0 aromatic heterocycles. The third kappa shape index (κ3) is 5.78. The zero-order valence-electron chi connectivity index (χ0n) is 18.7. The molecule has 0 radical (unpaired) electrons. The molecular formula is C23H30FN3O4S. The maximum atomic E-state index is 14.2. The average Bonchev–Trinajstić information content (AvgIpc) is 2.81. The SMILES string of the molecule is COC(=O)CNC(=O)CN(C1CCN(C(C)c2ccc(F)c3ccccc23)CC1)[S+](C)[O-]. The minimum Gasteiger partial charge on any atom is -0.598 e. The minimum absolute atomic E-state index is 0.00174. The van der Waals surface area contributed by atoms with E-state index < -0.39 is 17.3 Å². The van der Waals surface area contributed by atoms with Crippen LogP contribution in [-0.2, 0) is 25.7 Å². The number of amides is 1. The Morgan fingerprint density at radius 2 is 1.91 bits per heavy atom. The molecule has 0 bridgehead atoms. The van der Waals surface area contributed by atoms with Crippen molar-refractivity contribution < 1.29 is 23.3 Å². The number of methoxy groups -OCH3 is 1. The number of carbonyl (C=O) groups excluding carboxylic acids is 2. The first kappa shape index (κ1) is 24.4. The van der Waals surface area contributed by atoms with Crippen molar-refractivity contribution in [2.24, 2.45) is 0 Å². The molecule has 174 valence electrons. The molecule has 1 aliphatic rings. The van der Waals surface area contributed by atoms with Crippen LogP contribution in [-0.4, -0.2) is 71.2 Å². The Bertz CT molecular complexity index is 950. The smallest absolute Gasteiger partial charge is 0.325 e. The Morgan fingerprint density at radius 3 is 2.53 bits per heavy atom. The summed E-state index contributed by atoms with van der Waals surface area (Å²) in [6.45, 7) is 3.42. The van der Waals surface area contributed by atoms with Gasteiger partial charge in [-0.1, -0.05) is 30.3 Å². The van der Waals surface area contributed by atoms with Gasteiger partial charge in [-0.15, -0.1) is 4.31 Å². The highest BCUT2D eigenvalue weighted by Gasteiger charge is 2.33. The lowest BCUT2D eigenvalue weighted by Crippen LogP contribution is -2.51. The highest BCUT2D eigenvalue weighted by Crippen LogP contribution is 2.32. The molecule has 2 aromatic carbocycles. The topological polar surface area (TPSA) is 84.9 Å². The second-order valence-electron chi connectivity index (χ2n) is 7.98. The summed E-state index contributed by atoms with van der Waals surface area (Å²) in [5.74, 6) is -1.11. The number of hydrogen-bond donors (Lipinski definition) is 1. The number of hydrogen-bond acceptors (Lipinski definition) is 6. The van der Waals surface area contributed by atoms with E-state index in [0.717, 1.165) is 36.9 Å². The van der Waals surface area contributed by atoms with Crippen molar-refractivity contribution in [3.05, 3.63) is 47.8 Å². The maximum Gasteiger partial charge on any atom is 0.325 e. The van der Waals surface area contributed by atoms with Crippen molar-refractivity contribution in [3.8, 4) is 0 Å². The van der Waals surface area contributed by atoms with Crippen LogP contribution in [0.1, 0.15) is 31.4 Å². The Labute approximate surface area is 191 Å². The number of nitrogens with zero attached hydrogens (tertiary/aromatic N) is 2. The Kier molecular flexibility index (Phi) is 8.47. The van der Waals surface area contributed by atoms with Crippen LogP contribution in [0.15, 0.2) is 36.4 Å².